The van der Waals surface area contributed by atoms with Crippen LogP contribution in [0.2, 0.25) is 0 Å². The average Bonchev–Trinajstić information content (AvgIpc) is 2.52. The fraction of sp³-hybridized carbons (Fsp3) is 0.500. The van der Waals surface area contributed by atoms with E-state index in [-0.39, 0.29) is 6.10 Å². The number of thiophene rings is 1. The van der Waals surface area contributed by atoms with Gasteiger partial charge in [0.15, 0.2) is 0 Å². The number of anilines is 1. The monoisotopic (exact) mass is 171 g/mol. The molecule has 3 heteroatoms. The minimum absolute atomic E-state index is 0.227. The van der Waals surface area contributed by atoms with Crippen LogP contribution >= 0.6 is 11.3 Å². The molecule has 0 saturated carbocycles. The number of hydrogen-bond acceptors (Lipinski definition) is 3. The van der Waals surface area contributed by atoms with E-state index in [4.69, 9.17) is 0 Å². The highest BCUT2D eigenvalue weighted by atomic mass is 32.1. The molecule has 0 radical (unpaired) electrons. The summed E-state index contributed by atoms with van der Waals surface area (Å²) < 4.78 is 0. The van der Waals surface area contributed by atoms with E-state index in [0.717, 1.165) is 12.1 Å². The van der Waals surface area contributed by atoms with E-state index in [1.165, 1.54) is 0 Å². The van der Waals surface area contributed by atoms with Crippen LogP contribution in [0.3, 0.4) is 0 Å². The number of aliphatic hydroxyl groups is 1. The Morgan fingerprint density at radius 2 is 2.55 bits per heavy atom. The van der Waals surface area contributed by atoms with Crippen molar-refractivity contribution in [3.63, 3.8) is 0 Å². The van der Waals surface area contributed by atoms with Gasteiger partial charge in [0.1, 0.15) is 0 Å². The molecule has 2 nitrogen and oxygen atoms in total. The number of hydrogen-bond donors (Lipinski definition) is 2. The maximum absolute atomic E-state index is 9.20. The smallest absolute Gasteiger partial charge is 0.0709 e. The van der Waals surface area contributed by atoms with Gasteiger partial charge in [-0.1, -0.05) is 6.92 Å². The number of nitrogens with one attached hydrogen (secondary N) is 1. The summed E-state index contributed by atoms with van der Waals surface area (Å²) in [7, 11) is 0. The van der Waals surface area contributed by atoms with Gasteiger partial charge in [-0.25, -0.2) is 0 Å². The highest BCUT2D eigenvalue weighted by molar-refractivity contribution is 7.08. The van der Waals surface area contributed by atoms with E-state index in [1.54, 1.807) is 11.3 Å². The summed E-state index contributed by atoms with van der Waals surface area (Å²) in [5.74, 6) is 0. The third kappa shape index (κ3) is 2.91. The minimum atomic E-state index is -0.227. The molecule has 0 spiro atoms. The van der Waals surface area contributed by atoms with Crippen LogP contribution in [0.5, 0.6) is 0 Å². The fourth-order valence-electron chi connectivity index (χ4n) is 0.745. The molecule has 1 aromatic heterocycles. The van der Waals surface area contributed by atoms with Gasteiger partial charge in [0.2, 0.25) is 0 Å². The maximum atomic E-state index is 9.20. The van der Waals surface area contributed by atoms with Gasteiger partial charge < -0.3 is 10.4 Å². The Morgan fingerprint density at radius 1 is 1.73 bits per heavy atom. The van der Waals surface area contributed by atoms with Crippen molar-refractivity contribution >= 4 is 17.0 Å². The van der Waals surface area contributed by atoms with Crippen LogP contribution in [-0.2, 0) is 0 Å². The van der Waals surface area contributed by atoms with Gasteiger partial charge in [-0.2, -0.15) is 11.3 Å². The quantitative estimate of drug-likeness (QED) is 0.725. The van der Waals surface area contributed by atoms with Gasteiger partial charge in [-0.15, -0.1) is 0 Å². The molecule has 1 rings (SSSR count). The summed E-state index contributed by atoms with van der Waals surface area (Å²) in [4.78, 5) is 0. The molecule has 0 aromatic carbocycles. The first-order chi connectivity index (χ1) is 5.33. The Morgan fingerprint density at radius 3 is 3.09 bits per heavy atom. The minimum Gasteiger partial charge on any atom is -0.391 e. The van der Waals surface area contributed by atoms with E-state index < -0.39 is 0 Å². The molecule has 1 atom stereocenters. The predicted molar refractivity (Wildman–Crippen MR) is 49.1 cm³/mol. The van der Waals surface area contributed by atoms with Crippen LogP contribution in [-0.4, -0.2) is 17.8 Å². The third-order valence-electron chi connectivity index (χ3n) is 1.53. The largest absolute Gasteiger partial charge is 0.391 e. The number of rotatable bonds is 4. The number of aliphatic hydroxyl groups excluding tert-OH is 1. The molecule has 1 heterocycles. The fourth-order valence-corrected chi connectivity index (χ4v) is 1.36. The second kappa shape index (κ2) is 4.36. The Labute approximate surface area is 70.9 Å². The van der Waals surface area contributed by atoms with E-state index in [1.807, 2.05) is 23.8 Å². The van der Waals surface area contributed by atoms with Crippen LogP contribution in [0.1, 0.15) is 13.3 Å². The predicted octanol–water partition coefficient (Wildman–Crippen LogP) is 1.93. The summed E-state index contributed by atoms with van der Waals surface area (Å²) in [6, 6.07) is 2.01. The van der Waals surface area contributed by atoms with Crippen molar-refractivity contribution < 1.29 is 5.11 Å². The van der Waals surface area contributed by atoms with E-state index >= 15 is 0 Å². The van der Waals surface area contributed by atoms with Gasteiger partial charge in [0.25, 0.3) is 0 Å². The van der Waals surface area contributed by atoms with Gasteiger partial charge >= 0.3 is 0 Å². The third-order valence-corrected chi connectivity index (χ3v) is 2.22. The summed E-state index contributed by atoms with van der Waals surface area (Å²) in [6.45, 7) is 2.62. The summed E-state index contributed by atoms with van der Waals surface area (Å²) in [5, 5.41) is 16.4. The van der Waals surface area contributed by atoms with Gasteiger partial charge in [-0.05, 0) is 17.9 Å². The molecule has 1 unspecified atom stereocenters. The normalized spacial score (nSPS) is 12.9. The van der Waals surface area contributed by atoms with Crippen molar-refractivity contribution in [1.82, 2.24) is 0 Å². The molecule has 0 aliphatic rings. The molecule has 0 saturated heterocycles. The van der Waals surface area contributed by atoms with Crippen molar-refractivity contribution in [2.75, 3.05) is 11.9 Å². The first-order valence-corrected chi connectivity index (χ1v) is 4.71. The molecule has 0 aliphatic carbocycles. The van der Waals surface area contributed by atoms with Crippen molar-refractivity contribution in [2.24, 2.45) is 0 Å². The van der Waals surface area contributed by atoms with Crippen molar-refractivity contribution in [2.45, 2.75) is 19.4 Å². The SMILES string of the molecule is CCC(O)CNc1ccsc1. The van der Waals surface area contributed by atoms with Crippen molar-refractivity contribution in [3.05, 3.63) is 16.8 Å². The molecule has 11 heavy (non-hydrogen) atoms. The Balaban J connectivity index is 2.23. The van der Waals surface area contributed by atoms with Crippen LogP contribution < -0.4 is 5.32 Å². The average molecular weight is 171 g/mol. The summed E-state index contributed by atoms with van der Waals surface area (Å²) in [5.41, 5.74) is 1.10. The lowest BCUT2D eigenvalue weighted by Crippen LogP contribution is -2.17. The molecule has 0 amide bonds. The molecule has 0 bridgehead atoms. The molecule has 1 aromatic rings. The van der Waals surface area contributed by atoms with Crippen molar-refractivity contribution in [1.29, 1.82) is 0 Å². The van der Waals surface area contributed by atoms with Crippen molar-refractivity contribution in [3.8, 4) is 0 Å². The summed E-state index contributed by atoms with van der Waals surface area (Å²) >= 11 is 1.65. The second-order valence-electron chi connectivity index (χ2n) is 2.45. The lowest BCUT2D eigenvalue weighted by Gasteiger charge is -2.08. The molecule has 0 aliphatic heterocycles. The van der Waals surface area contributed by atoms with Gasteiger partial charge in [0, 0.05) is 17.6 Å². The van der Waals surface area contributed by atoms with Gasteiger partial charge in [-0.3, -0.25) is 0 Å². The van der Waals surface area contributed by atoms with E-state index in [2.05, 4.69) is 5.32 Å². The molecular formula is C8H13NOS. The zero-order chi connectivity index (χ0) is 8.10. The molecule has 2 N–H and O–H groups in total. The zero-order valence-electron chi connectivity index (χ0n) is 6.58. The molecule has 0 fully saturated rings. The van der Waals surface area contributed by atoms with Crippen LogP contribution in [0, 0.1) is 0 Å². The first-order valence-electron chi connectivity index (χ1n) is 3.77. The van der Waals surface area contributed by atoms with Crippen LogP contribution in [0.4, 0.5) is 5.69 Å². The second-order valence-corrected chi connectivity index (χ2v) is 3.24. The lowest BCUT2D eigenvalue weighted by molar-refractivity contribution is 0.183. The topological polar surface area (TPSA) is 32.3 Å². The van der Waals surface area contributed by atoms with E-state index in [9.17, 15) is 5.11 Å². The highest BCUT2D eigenvalue weighted by Gasteiger charge is 1.98. The van der Waals surface area contributed by atoms with Gasteiger partial charge in [0.05, 0.1) is 6.10 Å². The first kappa shape index (κ1) is 8.56. The van der Waals surface area contributed by atoms with Crippen LogP contribution in [0.15, 0.2) is 16.8 Å². The standard InChI is InChI=1S/C8H13NOS/c1-2-8(10)5-9-7-3-4-11-6-7/h3-4,6,8-10H,2,5H2,1H3. The molecule has 62 valence electrons. The summed E-state index contributed by atoms with van der Waals surface area (Å²) in [6.07, 6.45) is 0.576. The lowest BCUT2D eigenvalue weighted by atomic mass is 10.3. The van der Waals surface area contributed by atoms with E-state index in [0.29, 0.717) is 6.54 Å². The Hall–Kier alpha value is -0.540. The Bertz CT molecular complexity index is 186. The zero-order valence-corrected chi connectivity index (χ0v) is 7.40. The van der Waals surface area contributed by atoms with Crippen LogP contribution in [0.25, 0.3) is 0 Å². The Kier molecular flexibility index (Phi) is 3.39. The highest BCUT2D eigenvalue weighted by Crippen LogP contribution is 2.11. The maximum Gasteiger partial charge on any atom is 0.0709 e. The molecular weight excluding hydrogens is 158 g/mol.